The normalized spacial score (nSPS) is 12.2. The first-order valence-corrected chi connectivity index (χ1v) is 8.29. The fourth-order valence-electron chi connectivity index (χ4n) is 1.48. The average molecular weight is 348 g/mol. The third kappa shape index (κ3) is 3.36. The molecular formula is C13H18BrNO3S. The number of sulfone groups is 1. The minimum absolute atomic E-state index is 0.146. The van der Waals surface area contributed by atoms with E-state index < -0.39 is 20.5 Å². The fraction of sp³-hybridized carbons (Fsp3) is 0.462. The number of carbonyl (C=O) groups excluding carboxylic acids is 1. The maximum atomic E-state index is 12.5. The second kappa shape index (κ2) is 6.05. The van der Waals surface area contributed by atoms with E-state index in [2.05, 4.69) is 21.2 Å². The first-order chi connectivity index (χ1) is 8.73. The maximum Gasteiger partial charge on any atom is 0.241 e. The van der Waals surface area contributed by atoms with E-state index in [1.54, 1.807) is 12.1 Å². The molecule has 1 amide bonds. The molecule has 0 heterocycles. The number of rotatable bonds is 5. The largest absolute Gasteiger partial charge is 0.355 e. The summed E-state index contributed by atoms with van der Waals surface area (Å²) in [7, 11) is -3.72. The topological polar surface area (TPSA) is 63.2 Å². The van der Waals surface area contributed by atoms with Gasteiger partial charge in [0.25, 0.3) is 0 Å². The standard InChI is InChI=1S/C13H18BrNO3S/c1-4-9-15-12(16)13(2,3)19(17,18)11-7-5-10(14)6-8-11/h5-8H,4,9H2,1-3H3,(H,15,16). The summed E-state index contributed by atoms with van der Waals surface area (Å²) in [5.74, 6) is -0.475. The highest BCUT2D eigenvalue weighted by Gasteiger charge is 2.42. The second-order valence-electron chi connectivity index (χ2n) is 4.72. The van der Waals surface area contributed by atoms with Gasteiger partial charge >= 0.3 is 0 Å². The lowest BCUT2D eigenvalue weighted by molar-refractivity contribution is -0.122. The smallest absolute Gasteiger partial charge is 0.241 e. The van der Waals surface area contributed by atoms with Crippen molar-refractivity contribution in [3.05, 3.63) is 28.7 Å². The summed E-state index contributed by atoms with van der Waals surface area (Å²) >= 11 is 3.25. The fourth-order valence-corrected chi connectivity index (χ4v) is 3.15. The van der Waals surface area contributed by atoms with Gasteiger partial charge in [-0.25, -0.2) is 8.42 Å². The first-order valence-electron chi connectivity index (χ1n) is 6.02. The van der Waals surface area contributed by atoms with Crippen molar-refractivity contribution in [1.82, 2.24) is 5.32 Å². The van der Waals surface area contributed by atoms with Crippen molar-refractivity contribution in [3.63, 3.8) is 0 Å². The molecule has 1 aromatic carbocycles. The van der Waals surface area contributed by atoms with E-state index in [0.717, 1.165) is 10.9 Å². The highest BCUT2D eigenvalue weighted by Crippen LogP contribution is 2.26. The van der Waals surface area contributed by atoms with Gasteiger partial charge in [0, 0.05) is 11.0 Å². The van der Waals surface area contributed by atoms with Crippen molar-refractivity contribution >= 4 is 31.7 Å². The quantitative estimate of drug-likeness (QED) is 0.889. The highest BCUT2D eigenvalue weighted by molar-refractivity contribution is 9.10. The van der Waals surface area contributed by atoms with Crippen molar-refractivity contribution in [2.24, 2.45) is 0 Å². The molecule has 106 valence electrons. The molecule has 4 nitrogen and oxygen atoms in total. The van der Waals surface area contributed by atoms with E-state index in [0.29, 0.717) is 6.54 Å². The molecule has 0 fully saturated rings. The summed E-state index contributed by atoms with van der Waals surface area (Å²) < 4.78 is 24.3. The molecule has 0 bridgehead atoms. The minimum Gasteiger partial charge on any atom is -0.355 e. The van der Waals surface area contributed by atoms with E-state index >= 15 is 0 Å². The Morgan fingerprint density at radius 2 is 1.79 bits per heavy atom. The monoisotopic (exact) mass is 347 g/mol. The lowest BCUT2D eigenvalue weighted by Crippen LogP contribution is -2.48. The maximum absolute atomic E-state index is 12.5. The van der Waals surface area contributed by atoms with Crippen LogP contribution in [0.4, 0.5) is 0 Å². The molecular weight excluding hydrogens is 330 g/mol. The van der Waals surface area contributed by atoms with Crippen LogP contribution in [-0.4, -0.2) is 25.6 Å². The van der Waals surface area contributed by atoms with Crippen LogP contribution in [0, 0.1) is 0 Å². The number of benzene rings is 1. The molecule has 1 rings (SSSR count). The zero-order valence-corrected chi connectivity index (χ0v) is 13.6. The molecule has 6 heteroatoms. The molecule has 0 radical (unpaired) electrons. The van der Waals surface area contributed by atoms with Gasteiger partial charge in [0.2, 0.25) is 5.91 Å². The van der Waals surface area contributed by atoms with Crippen LogP contribution in [0.15, 0.2) is 33.6 Å². The SMILES string of the molecule is CCCNC(=O)C(C)(C)S(=O)(=O)c1ccc(Br)cc1. The van der Waals surface area contributed by atoms with Gasteiger partial charge in [0.05, 0.1) is 4.90 Å². The number of hydrogen-bond acceptors (Lipinski definition) is 3. The van der Waals surface area contributed by atoms with Crippen molar-refractivity contribution in [2.75, 3.05) is 6.54 Å². The Bertz CT molecular complexity index is 550. The number of hydrogen-bond donors (Lipinski definition) is 1. The minimum atomic E-state index is -3.72. The molecule has 19 heavy (non-hydrogen) atoms. The molecule has 0 aliphatic carbocycles. The molecule has 1 aromatic rings. The second-order valence-corrected chi connectivity index (χ2v) is 8.14. The zero-order valence-electron chi connectivity index (χ0n) is 11.2. The van der Waals surface area contributed by atoms with Crippen molar-refractivity contribution in [3.8, 4) is 0 Å². The lowest BCUT2D eigenvalue weighted by atomic mass is 10.2. The molecule has 0 aliphatic rings. The Morgan fingerprint density at radius 1 is 1.26 bits per heavy atom. The molecule has 0 aliphatic heterocycles. The Balaban J connectivity index is 3.11. The molecule has 0 spiro atoms. The van der Waals surface area contributed by atoms with Crippen LogP contribution in [0.5, 0.6) is 0 Å². The Morgan fingerprint density at radius 3 is 2.26 bits per heavy atom. The van der Waals surface area contributed by atoms with Crippen LogP contribution in [0.25, 0.3) is 0 Å². The summed E-state index contributed by atoms with van der Waals surface area (Å²) in [5, 5.41) is 2.63. The molecule has 0 aromatic heterocycles. The van der Waals surface area contributed by atoms with Gasteiger partial charge < -0.3 is 5.32 Å². The van der Waals surface area contributed by atoms with Gasteiger partial charge in [-0.15, -0.1) is 0 Å². The molecule has 0 saturated heterocycles. The summed E-state index contributed by atoms with van der Waals surface area (Å²) in [6.45, 7) is 5.24. The van der Waals surface area contributed by atoms with Gasteiger partial charge in [-0.05, 0) is 44.5 Å². The van der Waals surface area contributed by atoms with Crippen LogP contribution in [0.2, 0.25) is 0 Å². The van der Waals surface area contributed by atoms with Crippen LogP contribution in [-0.2, 0) is 14.6 Å². The third-order valence-corrected chi connectivity index (χ3v) is 5.83. The molecule has 1 N–H and O–H groups in total. The van der Waals surface area contributed by atoms with Gasteiger partial charge in [0.15, 0.2) is 9.84 Å². The molecule has 0 saturated carbocycles. The predicted molar refractivity (Wildman–Crippen MR) is 78.7 cm³/mol. The summed E-state index contributed by atoms with van der Waals surface area (Å²) in [4.78, 5) is 12.2. The number of amides is 1. The molecule has 0 atom stereocenters. The Hall–Kier alpha value is -0.880. The lowest BCUT2D eigenvalue weighted by Gasteiger charge is -2.23. The van der Waals surface area contributed by atoms with Crippen molar-refractivity contribution < 1.29 is 13.2 Å². The Kier molecular flexibility index (Phi) is 5.15. The van der Waals surface area contributed by atoms with Gasteiger partial charge in [-0.2, -0.15) is 0 Å². The Labute approximate surface area is 122 Å². The van der Waals surface area contributed by atoms with Crippen LogP contribution >= 0.6 is 15.9 Å². The van der Waals surface area contributed by atoms with Gasteiger partial charge in [0.1, 0.15) is 4.75 Å². The van der Waals surface area contributed by atoms with E-state index in [4.69, 9.17) is 0 Å². The van der Waals surface area contributed by atoms with Crippen LogP contribution in [0.3, 0.4) is 0 Å². The number of nitrogens with one attached hydrogen (secondary N) is 1. The predicted octanol–water partition coefficient (Wildman–Crippen LogP) is 2.53. The summed E-state index contributed by atoms with van der Waals surface area (Å²) in [6, 6.07) is 6.28. The highest BCUT2D eigenvalue weighted by atomic mass is 79.9. The number of halogens is 1. The average Bonchev–Trinajstić information content (AvgIpc) is 2.36. The summed E-state index contributed by atoms with van der Waals surface area (Å²) in [5.41, 5.74) is 0. The first kappa shape index (κ1) is 16.2. The van der Waals surface area contributed by atoms with Crippen LogP contribution in [0.1, 0.15) is 27.2 Å². The molecule has 0 unspecified atom stereocenters. The van der Waals surface area contributed by atoms with Crippen molar-refractivity contribution in [1.29, 1.82) is 0 Å². The van der Waals surface area contributed by atoms with Crippen LogP contribution < -0.4 is 5.32 Å². The third-order valence-electron chi connectivity index (χ3n) is 2.88. The summed E-state index contributed by atoms with van der Waals surface area (Å²) in [6.07, 6.45) is 0.764. The van der Waals surface area contributed by atoms with E-state index in [9.17, 15) is 13.2 Å². The van der Waals surface area contributed by atoms with Gasteiger partial charge in [-0.3, -0.25) is 4.79 Å². The van der Waals surface area contributed by atoms with Gasteiger partial charge in [-0.1, -0.05) is 22.9 Å². The van der Waals surface area contributed by atoms with E-state index in [1.165, 1.54) is 26.0 Å². The zero-order chi connectivity index (χ0) is 14.7. The van der Waals surface area contributed by atoms with E-state index in [-0.39, 0.29) is 4.90 Å². The number of carbonyl (C=O) groups is 1. The van der Waals surface area contributed by atoms with Crippen molar-refractivity contribution in [2.45, 2.75) is 36.8 Å². The van der Waals surface area contributed by atoms with E-state index in [1.807, 2.05) is 6.92 Å².